The largest absolute Gasteiger partial charge is 0.504 e. The number of ether oxygens (including phenoxy) is 1. The van der Waals surface area contributed by atoms with Crippen molar-refractivity contribution in [3.63, 3.8) is 0 Å². The number of benzene rings is 2. The van der Waals surface area contributed by atoms with E-state index in [2.05, 4.69) is 10.6 Å². The molecule has 0 aliphatic carbocycles. The van der Waals surface area contributed by atoms with Crippen molar-refractivity contribution < 1.29 is 28.6 Å². The van der Waals surface area contributed by atoms with Gasteiger partial charge in [-0.15, -0.1) is 0 Å². The standard InChI is InChI=1S/C20H18FN3O5/c1-2-29-17-10-12(3-8-16(17)25)9-15-19(27)24(20(28)23-15)11-18(26)22-14-6-4-13(21)5-7-14/h3-10,25H,2,11H2,1H3,(H,22,26)(H,23,28)/b15-9-. The number of imide groups is 1. The van der Waals surface area contributed by atoms with Crippen LogP contribution in [0.1, 0.15) is 12.5 Å². The average Bonchev–Trinajstić information content (AvgIpc) is 2.94. The third kappa shape index (κ3) is 4.70. The number of aromatic hydroxyl groups is 1. The van der Waals surface area contributed by atoms with E-state index in [0.717, 1.165) is 4.90 Å². The lowest BCUT2D eigenvalue weighted by atomic mass is 10.1. The van der Waals surface area contributed by atoms with E-state index in [1.165, 1.54) is 42.5 Å². The SMILES string of the molecule is CCOc1cc(/C=C2\NC(=O)N(CC(=O)Nc3ccc(F)cc3)C2=O)ccc1O. The number of hydrogen-bond acceptors (Lipinski definition) is 5. The minimum atomic E-state index is -0.737. The summed E-state index contributed by atoms with van der Waals surface area (Å²) in [5.74, 6) is -1.53. The van der Waals surface area contributed by atoms with Gasteiger partial charge in [-0.2, -0.15) is 0 Å². The molecule has 1 heterocycles. The van der Waals surface area contributed by atoms with E-state index in [1.54, 1.807) is 13.0 Å². The Morgan fingerprint density at radius 2 is 1.97 bits per heavy atom. The molecule has 2 aromatic rings. The first-order chi connectivity index (χ1) is 13.9. The van der Waals surface area contributed by atoms with Gasteiger partial charge in [0.25, 0.3) is 5.91 Å². The number of phenolic OH excluding ortho intramolecular Hbond substituents is 1. The zero-order valence-corrected chi connectivity index (χ0v) is 15.4. The maximum atomic E-state index is 12.9. The molecule has 0 unspecified atom stereocenters. The van der Waals surface area contributed by atoms with Crippen molar-refractivity contribution in [2.24, 2.45) is 0 Å². The monoisotopic (exact) mass is 399 g/mol. The van der Waals surface area contributed by atoms with Crippen LogP contribution in [0.4, 0.5) is 14.9 Å². The summed E-state index contributed by atoms with van der Waals surface area (Å²) in [6.45, 7) is 1.61. The second-order valence-corrected chi connectivity index (χ2v) is 6.09. The Kier molecular flexibility index (Phi) is 5.77. The van der Waals surface area contributed by atoms with Crippen LogP contribution in [0.5, 0.6) is 11.5 Å². The van der Waals surface area contributed by atoms with Gasteiger partial charge in [0.1, 0.15) is 18.1 Å². The van der Waals surface area contributed by atoms with Gasteiger partial charge >= 0.3 is 6.03 Å². The van der Waals surface area contributed by atoms with Gasteiger partial charge in [0.05, 0.1) is 6.61 Å². The lowest BCUT2D eigenvalue weighted by molar-refractivity contribution is -0.127. The van der Waals surface area contributed by atoms with Gasteiger partial charge in [-0.3, -0.25) is 9.59 Å². The number of carbonyl (C=O) groups excluding carboxylic acids is 3. The summed E-state index contributed by atoms with van der Waals surface area (Å²) in [6, 6.07) is 8.84. The molecular formula is C20H18FN3O5. The van der Waals surface area contributed by atoms with Crippen LogP contribution in [-0.2, 0) is 9.59 Å². The molecule has 1 aliphatic heterocycles. The summed E-state index contributed by atoms with van der Waals surface area (Å²) in [4.78, 5) is 37.5. The van der Waals surface area contributed by atoms with Crippen LogP contribution in [0.2, 0.25) is 0 Å². The average molecular weight is 399 g/mol. The molecule has 3 rings (SSSR count). The Morgan fingerprint density at radius 1 is 1.24 bits per heavy atom. The molecule has 0 aromatic heterocycles. The van der Waals surface area contributed by atoms with Crippen molar-refractivity contribution in [2.45, 2.75) is 6.92 Å². The number of carbonyl (C=O) groups is 3. The van der Waals surface area contributed by atoms with Crippen LogP contribution in [0, 0.1) is 5.82 Å². The van der Waals surface area contributed by atoms with E-state index in [-0.39, 0.29) is 17.2 Å². The zero-order valence-electron chi connectivity index (χ0n) is 15.4. The third-order valence-electron chi connectivity index (χ3n) is 3.99. The molecule has 1 aliphatic rings. The highest BCUT2D eigenvalue weighted by molar-refractivity contribution is 6.15. The molecule has 0 saturated carbocycles. The number of hydrogen-bond donors (Lipinski definition) is 3. The van der Waals surface area contributed by atoms with Crippen molar-refractivity contribution in [3.8, 4) is 11.5 Å². The van der Waals surface area contributed by atoms with Crippen LogP contribution in [0.15, 0.2) is 48.2 Å². The lowest BCUT2D eigenvalue weighted by Crippen LogP contribution is -2.38. The van der Waals surface area contributed by atoms with E-state index < -0.39 is 30.2 Å². The van der Waals surface area contributed by atoms with Crippen LogP contribution >= 0.6 is 0 Å². The van der Waals surface area contributed by atoms with E-state index >= 15 is 0 Å². The fourth-order valence-electron chi connectivity index (χ4n) is 2.65. The van der Waals surface area contributed by atoms with Gasteiger partial charge in [0, 0.05) is 5.69 Å². The number of nitrogens with zero attached hydrogens (tertiary/aromatic N) is 1. The van der Waals surface area contributed by atoms with Gasteiger partial charge in [0.2, 0.25) is 5.91 Å². The van der Waals surface area contributed by atoms with E-state index in [9.17, 15) is 23.9 Å². The number of anilines is 1. The highest BCUT2D eigenvalue weighted by Gasteiger charge is 2.34. The number of halogens is 1. The Morgan fingerprint density at radius 3 is 2.66 bits per heavy atom. The molecule has 1 saturated heterocycles. The summed E-state index contributed by atoms with van der Waals surface area (Å²) in [5.41, 5.74) is 0.844. The summed E-state index contributed by atoms with van der Waals surface area (Å²) < 4.78 is 18.2. The van der Waals surface area contributed by atoms with Crippen LogP contribution < -0.4 is 15.4 Å². The number of urea groups is 1. The first-order valence-electron chi connectivity index (χ1n) is 8.73. The van der Waals surface area contributed by atoms with E-state index in [0.29, 0.717) is 17.9 Å². The fraction of sp³-hybridized carbons (Fsp3) is 0.150. The van der Waals surface area contributed by atoms with Crippen molar-refractivity contribution >= 4 is 29.6 Å². The molecule has 0 atom stereocenters. The maximum Gasteiger partial charge on any atom is 0.329 e. The van der Waals surface area contributed by atoms with Gasteiger partial charge in [-0.1, -0.05) is 6.07 Å². The van der Waals surface area contributed by atoms with Gasteiger partial charge < -0.3 is 20.5 Å². The molecule has 29 heavy (non-hydrogen) atoms. The molecule has 8 nitrogen and oxygen atoms in total. The van der Waals surface area contributed by atoms with Gasteiger partial charge in [-0.05, 0) is 55.0 Å². The van der Waals surface area contributed by atoms with E-state index in [4.69, 9.17) is 4.74 Å². The number of amides is 4. The quantitative estimate of drug-likeness (QED) is 0.511. The fourth-order valence-corrected chi connectivity index (χ4v) is 2.65. The minimum absolute atomic E-state index is 0.0160. The van der Waals surface area contributed by atoms with Crippen LogP contribution in [-0.4, -0.2) is 41.0 Å². The van der Waals surface area contributed by atoms with Crippen molar-refractivity contribution in [2.75, 3.05) is 18.5 Å². The normalized spacial score (nSPS) is 14.8. The number of nitrogens with one attached hydrogen (secondary N) is 2. The Balaban J connectivity index is 1.70. The Bertz CT molecular complexity index is 988. The highest BCUT2D eigenvalue weighted by atomic mass is 19.1. The molecule has 0 radical (unpaired) electrons. The second kappa shape index (κ2) is 8.42. The van der Waals surface area contributed by atoms with Crippen LogP contribution in [0.25, 0.3) is 6.08 Å². The number of phenols is 1. The maximum absolute atomic E-state index is 12.9. The topological polar surface area (TPSA) is 108 Å². The number of rotatable bonds is 6. The minimum Gasteiger partial charge on any atom is -0.504 e. The lowest BCUT2D eigenvalue weighted by Gasteiger charge is -2.12. The molecule has 150 valence electrons. The Labute approximate surface area is 165 Å². The molecule has 0 spiro atoms. The molecule has 0 bridgehead atoms. The third-order valence-corrected chi connectivity index (χ3v) is 3.99. The predicted octanol–water partition coefficient (Wildman–Crippen LogP) is 2.46. The smallest absolute Gasteiger partial charge is 0.329 e. The summed E-state index contributed by atoms with van der Waals surface area (Å²) in [7, 11) is 0. The first-order valence-corrected chi connectivity index (χ1v) is 8.73. The van der Waals surface area contributed by atoms with E-state index in [1.807, 2.05) is 0 Å². The van der Waals surface area contributed by atoms with Gasteiger partial charge in [-0.25, -0.2) is 14.1 Å². The Hall–Kier alpha value is -3.88. The van der Waals surface area contributed by atoms with Crippen LogP contribution in [0.3, 0.4) is 0 Å². The molecule has 4 amide bonds. The molecule has 9 heteroatoms. The van der Waals surface area contributed by atoms with Crippen molar-refractivity contribution in [3.05, 3.63) is 59.5 Å². The van der Waals surface area contributed by atoms with Crippen molar-refractivity contribution in [1.29, 1.82) is 0 Å². The van der Waals surface area contributed by atoms with Crippen molar-refractivity contribution in [1.82, 2.24) is 10.2 Å². The zero-order chi connectivity index (χ0) is 21.0. The summed E-state index contributed by atoms with van der Waals surface area (Å²) >= 11 is 0. The molecular weight excluding hydrogens is 381 g/mol. The predicted molar refractivity (Wildman–Crippen MR) is 103 cm³/mol. The first kappa shape index (κ1) is 19.9. The molecule has 3 N–H and O–H groups in total. The summed E-state index contributed by atoms with van der Waals surface area (Å²) in [6.07, 6.45) is 1.42. The molecule has 1 fully saturated rings. The van der Waals surface area contributed by atoms with Gasteiger partial charge in [0.15, 0.2) is 11.5 Å². The highest BCUT2D eigenvalue weighted by Crippen LogP contribution is 2.28. The second-order valence-electron chi connectivity index (χ2n) is 6.09. The summed E-state index contributed by atoms with van der Waals surface area (Å²) in [5, 5.41) is 14.6. The molecule has 2 aromatic carbocycles.